The first kappa shape index (κ1) is 27.5. The standard InChI is InChI=1S/C28H28F3NO5S/c1-5-36-26(33)16-37-25-13-11-22(14-18(25)2)38(34,35)32-17-27(3,4)23-15-20(8-12-24(23)32)19-6-9-21(10-7-19)28(29,30)31/h6-15H,5,16-17H2,1-4H3. The molecule has 0 N–H and O–H groups in total. The molecule has 0 aromatic heterocycles. The minimum atomic E-state index is -4.42. The number of nitrogens with zero attached hydrogens (tertiary/aromatic N) is 1. The normalized spacial score (nSPS) is 14.8. The van der Waals surface area contributed by atoms with Crippen molar-refractivity contribution in [2.75, 3.05) is 24.1 Å². The first-order valence-corrected chi connectivity index (χ1v) is 13.4. The highest BCUT2D eigenvalue weighted by Gasteiger charge is 2.41. The Kier molecular flexibility index (Phi) is 7.22. The average molecular weight is 548 g/mol. The summed E-state index contributed by atoms with van der Waals surface area (Å²) in [5.74, 6) is -0.143. The van der Waals surface area contributed by atoms with E-state index in [0.717, 1.165) is 17.7 Å². The largest absolute Gasteiger partial charge is 0.482 e. The number of carbonyl (C=O) groups is 1. The van der Waals surface area contributed by atoms with Crippen molar-refractivity contribution in [2.24, 2.45) is 0 Å². The fourth-order valence-electron chi connectivity index (χ4n) is 4.48. The Morgan fingerprint density at radius 1 is 1.00 bits per heavy atom. The van der Waals surface area contributed by atoms with Crippen molar-refractivity contribution in [1.29, 1.82) is 0 Å². The number of rotatable bonds is 7. The topological polar surface area (TPSA) is 72.9 Å². The van der Waals surface area contributed by atoms with Crippen molar-refractivity contribution in [3.63, 3.8) is 0 Å². The second-order valence-electron chi connectivity index (χ2n) is 9.72. The third-order valence-electron chi connectivity index (χ3n) is 6.46. The van der Waals surface area contributed by atoms with Gasteiger partial charge < -0.3 is 9.47 Å². The molecule has 0 aliphatic carbocycles. The second-order valence-corrected chi connectivity index (χ2v) is 11.6. The molecule has 3 aromatic carbocycles. The number of hydrogen-bond donors (Lipinski definition) is 0. The molecular weight excluding hydrogens is 519 g/mol. The molecule has 0 saturated carbocycles. The van der Waals surface area contributed by atoms with E-state index in [0.29, 0.717) is 28.1 Å². The number of anilines is 1. The fourth-order valence-corrected chi connectivity index (χ4v) is 6.21. The SMILES string of the molecule is CCOC(=O)COc1ccc(S(=O)(=O)N2CC(C)(C)c3cc(-c4ccc(C(F)(F)F)cc4)ccc32)cc1C. The third-order valence-corrected chi connectivity index (χ3v) is 8.22. The van der Waals surface area contributed by atoms with Crippen LogP contribution in [0.25, 0.3) is 11.1 Å². The summed E-state index contributed by atoms with van der Waals surface area (Å²) in [7, 11) is -3.94. The summed E-state index contributed by atoms with van der Waals surface area (Å²) in [6.07, 6.45) is -4.42. The van der Waals surface area contributed by atoms with Crippen LogP contribution in [0, 0.1) is 6.92 Å². The second kappa shape index (κ2) is 9.98. The zero-order valence-corrected chi connectivity index (χ0v) is 22.2. The number of hydrogen-bond acceptors (Lipinski definition) is 5. The van der Waals surface area contributed by atoms with Gasteiger partial charge in [0.2, 0.25) is 0 Å². The molecule has 0 bridgehead atoms. The third kappa shape index (κ3) is 5.36. The van der Waals surface area contributed by atoms with Gasteiger partial charge in [0.15, 0.2) is 6.61 Å². The summed E-state index contributed by atoms with van der Waals surface area (Å²) in [5, 5.41) is 0. The van der Waals surface area contributed by atoms with Crippen LogP contribution >= 0.6 is 0 Å². The summed E-state index contributed by atoms with van der Waals surface area (Å²) in [4.78, 5) is 11.7. The highest BCUT2D eigenvalue weighted by molar-refractivity contribution is 7.92. The predicted molar refractivity (Wildman–Crippen MR) is 138 cm³/mol. The van der Waals surface area contributed by atoms with Crippen molar-refractivity contribution < 1.29 is 35.9 Å². The number of carbonyl (C=O) groups excluding carboxylic acids is 1. The summed E-state index contributed by atoms with van der Waals surface area (Å²) in [6.45, 7) is 7.38. The lowest BCUT2D eigenvalue weighted by molar-refractivity contribution is -0.145. The number of alkyl halides is 3. The molecule has 1 heterocycles. The predicted octanol–water partition coefficient (Wildman–Crippen LogP) is 6.11. The number of esters is 1. The lowest BCUT2D eigenvalue weighted by Gasteiger charge is -2.22. The maximum atomic E-state index is 13.7. The summed E-state index contributed by atoms with van der Waals surface area (Å²) >= 11 is 0. The fraction of sp³-hybridized carbons (Fsp3) is 0.321. The van der Waals surface area contributed by atoms with Crippen molar-refractivity contribution in [1.82, 2.24) is 0 Å². The van der Waals surface area contributed by atoms with Crippen LogP contribution in [0.2, 0.25) is 0 Å². The minimum absolute atomic E-state index is 0.0777. The summed E-state index contributed by atoms with van der Waals surface area (Å²) in [5.41, 5.74) is 1.88. The van der Waals surface area contributed by atoms with Crippen LogP contribution < -0.4 is 9.04 Å². The van der Waals surface area contributed by atoms with Gasteiger partial charge in [-0.2, -0.15) is 13.2 Å². The molecule has 10 heteroatoms. The maximum absolute atomic E-state index is 13.7. The molecule has 0 amide bonds. The van der Waals surface area contributed by atoms with Crippen LogP contribution in [-0.4, -0.2) is 34.1 Å². The van der Waals surface area contributed by atoms with Crippen LogP contribution in [0.3, 0.4) is 0 Å². The number of sulfonamides is 1. The molecule has 3 aromatic rings. The van der Waals surface area contributed by atoms with Gasteiger partial charge in [0.05, 0.1) is 22.8 Å². The van der Waals surface area contributed by atoms with Crippen molar-refractivity contribution in [3.8, 4) is 16.9 Å². The van der Waals surface area contributed by atoms with Gasteiger partial charge in [-0.25, -0.2) is 13.2 Å². The lowest BCUT2D eigenvalue weighted by atomic mass is 9.85. The van der Waals surface area contributed by atoms with E-state index in [9.17, 15) is 26.4 Å². The van der Waals surface area contributed by atoms with Crippen LogP contribution in [-0.2, 0) is 31.1 Å². The Labute approximate surface area is 220 Å². The van der Waals surface area contributed by atoms with Gasteiger partial charge in [0, 0.05) is 12.0 Å². The Morgan fingerprint density at radius 2 is 1.66 bits per heavy atom. The van der Waals surface area contributed by atoms with Crippen molar-refractivity contribution in [2.45, 2.75) is 44.2 Å². The van der Waals surface area contributed by atoms with Crippen molar-refractivity contribution >= 4 is 21.7 Å². The first-order valence-electron chi connectivity index (χ1n) is 12.0. The Balaban J connectivity index is 1.63. The molecular formula is C28H28F3NO5S. The van der Waals surface area contributed by atoms with Crippen LogP contribution in [0.15, 0.2) is 65.6 Å². The molecule has 38 heavy (non-hydrogen) atoms. The van der Waals surface area contributed by atoms with Gasteiger partial charge >= 0.3 is 12.1 Å². The molecule has 1 aliphatic heterocycles. The molecule has 0 spiro atoms. The molecule has 0 unspecified atom stereocenters. The van der Waals surface area contributed by atoms with E-state index < -0.39 is 33.1 Å². The van der Waals surface area contributed by atoms with Crippen LogP contribution in [0.4, 0.5) is 18.9 Å². The zero-order valence-electron chi connectivity index (χ0n) is 21.4. The monoisotopic (exact) mass is 547 g/mol. The maximum Gasteiger partial charge on any atom is 0.416 e. The number of aryl methyl sites for hydroxylation is 1. The molecule has 202 valence electrons. The van der Waals surface area contributed by atoms with E-state index in [-0.39, 0.29) is 24.7 Å². The van der Waals surface area contributed by atoms with Crippen LogP contribution in [0.5, 0.6) is 5.75 Å². The van der Waals surface area contributed by atoms with E-state index >= 15 is 0 Å². The smallest absolute Gasteiger partial charge is 0.416 e. The number of halogens is 3. The highest BCUT2D eigenvalue weighted by Crippen LogP contribution is 2.45. The molecule has 4 rings (SSSR count). The molecule has 0 radical (unpaired) electrons. The molecule has 0 fully saturated rings. The molecule has 0 saturated heterocycles. The lowest BCUT2D eigenvalue weighted by Crippen LogP contribution is -2.34. The highest BCUT2D eigenvalue weighted by atomic mass is 32.2. The first-order chi connectivity index (χ1) is 17.7. The number of benzene rings is 3. The van der Waals surface area contributed by atoms with Crippen LogP contribution in [0.1, 0.15) is 37.5 Å². The van der Waals surface area contributed by atoms with E-state index in [1.54, 1.807) is 26.0 Å². The van der Waals surface area contributed by atoms with E-state index in [1.807, 2.05) is 19.9 Å². The van der Waals surface area contributed by atoms with Gasteiger partial charge in [-0.3, -0.25) is 4.31 Å². The van der Waals surface area contributed by atoms with E-state index in [4.69, 9.17) is 9.47 Å². The van der Waals surface area contributed by atoms with Gasteiger partial charge in [-0.15, -0.1) is 0 Å². The number of ether oxygens (including phenoxy) is 2. The minimum Gasteiger partial charge on any atom is -0.482 e. The number of fused-ring (bicyclic) bond motifs is 1. The quantitative estimate of drug-likeness (QED) is 0.334. The van der Waals surface area contributed by atoms with E-state index in [2.05, 4.69) is 0 Å². The molecule has 6 nitrogen and oxygen atoms in total. The summed E-state index contributed by atoms with van der Waals surface area (Å²) in [6, 6.07) is 14.6. The average Bonchev–Trinajstić information content (AvgIpc) is 3.14. The molecule has 0 atom stereocenters. The molecule has 1 aliphatic rings. The Hall–Kier alpha value is -3.53. The Bertz CT molecular complexity index is 1460. The summed E-state index contributed by atoms with van der Waals surface area (Å²) < 4.78 is 77.9. The van der Waals surface area contributed by atoms with E-state index in [1.165, 1.54) is 34.6 Å². The van der Waals surface area contributed by atoms with Gasteiger partial charge in [0.25, 0.3) is 10.0 Å². The van der Waals surface area contributed by atoms with Gasteiger partial charge in [0.1, 0.15) is 5.75 Å². The van der Waals surface area contributed by atoms with Crippen molar-refractivity contribution in [3.05, 3.63) is 77.4 Å². The Morgan fingerprint density at radius 3 is 2.26 bits per heavy atom. The van der Waals surface area contributed by atoms with Gasteiger partial charge in [-0.05, 0) is 78.6 Å². The van der Waals surface area contributed by atoms with Gasteiger partial charge in [-0.1, -0.05) is 32.0 Å². The zero-order chi connectivity index (χ0) is 27.9.